The molecule has 1 saturated heterocycles. The predicted octanol–water partition coefficient (Wildman–Crippen LogP) is 3.30. The van der Waals surface area contributed by atoms with Crippen LogP contribution in [0.15, 0.2) is 60.7 Å². The Hall–Kier alpha value is -1.64. The predicted molar refractivity (Wildman–Crippen MR) is 78.8 cm³/mol. The second kappa shape index (κ2) is 5.16. The van der Waals surface area contributed by atoms with Gasteiger partial charge < -0.3 is 0 Å². The summed E-state index contributed by atoms with van der Waals surface area (Å²) in [6.45, 7) is 0.999. The number of hydrogen-bond donors (Lipinski definition) is 0. The third-order valence-electron chi connectivity index (χ3n) is 3.98. The number of likely N-dealkylation sites (N-methyl/N-ethyl adjacent to an activating group) is 2. The van der Waals surface area contributed by atoms with E-state index >= 15 is 0 Å². The van der Waals surface area contributed by atoms with Crippen LogP contribution in [0.1, 0.15) is 23.2 Å². The van der Waals surface area contributed by atoms with Crippen LogP contribution in [-0.4, -0.2) is 30.6 Å². The van der Waals surface area contributed by atoms with E-state index in [0.717, 1.165) is 6.67 Å². The fourth-order valence-electron chi connectivity index (χ4n) is 3.18. The molecule has 2 heteroatoms. The fraction of sp³-hybridized carbons (Fsp3) is 0.294. The van der Waals surface area contributed by atoms with Crippen molar-refractivity contribution in [3.8, 4) is 0 Å². The van der Waals surface area contributed by atoms with Crippen LogP contribution in [0, 0.1) is 0 Å². The van der Waals surface area contributed by atoms with Gasteiger partial charge >= 0.3 is 0 Å². The van der Waals surface area contributed by atoms with Crippen molar-refractivity contribution in [1.82, 2.24) is 9.80 Å². The van der Waals surface area contributed by atoms with Crippen LogP contribution in [0.2, 0.25) is 0 Å². The Morgan fingerprint density at radius 3 is 1.42 bits per heavy atom. The van der Waals surface area contributed by atoms with Gasteiger partial charge in [-0.1, -0.05) is 60.7 Å². The van der Waals surface area contributed by atoms with Crippen molar-refractivity contribution in [1.29, 1.82) is 0 Å². The lowest BCUT2D eigenvalue weighted by molar-refractivity contribution is 0.284. The molecule has 3 rings (SSSR count). The molecule has 0 amide bonds. The highest BCUT2D eigenvalue weighted by Crippen LogP contribution is 2.41. The van der Waals surface area contributed by atoms with E-state index in [1.54, 1.807) is 0 Å². The molecule has 2 unspecified atom stereocenters. The van der Waals surface area contributed by atoms with E-state index in [9.17, 15) is 0 Å². The van der Waals surface area contributed by atoms with Crippen molar-refractivity contribution in [2.75, 3.05) is 20.8 Å². The summed E-state index contributed by atoms with van der Waals surface area (Å²) < 4.78 is 0. The van der Waals surface area contributed by atoms with Gasteiger partial charge in [0.15, 0.2) is 0 Å². The molecule has 2 nitrogen and oxygen atoms in total. The van der Waals surface area contributed by atoms with Crippen LogP contribution in [0.5, 0.6) is 0 Å². The van der Waals surface area contributed by atoms with E-state index in [-0.39, 0.29) is 0 Å². The topological polar surface area (TPSA) is 6.48 Å². The van der Waals surface area contributed by atoms with Crippen molar-refractivity contribution in [3.63, 3.8) is 0 Å². The molecule has 0 N–H and O–H groups in total. The highest BCUT2D eigenvalue weighted by Gasteiger charge is 2.37. The largest absolute Gasteiger partial charge is 0.285 e. The van der Waals surface area contributed by atoms with Gasteiger partial charge in [-0.3, -0.25) is 9.80 Å². The van der Waals surface area contributed by atoms with Crippen molar-refractivity contribution < 1.29 is 0 Å². The Balaban J connectivity index is 2.01. The van der Waals surface area contributed by atoms with E-state index in [2.05, 4.69) is 84.6 Å². The Kier molecular flexibility index (Phi) is 3.36. The SMILES string of the molecule is CN1CN(C)C(c2ccccc2)C1c1ccccc1. The maximum absolute atomic E-state index is 2.42. The van der Waals surface area contributed by atoms with E-state index < -0.39 is 0 Å². The van der Waals surface area contributed by atoms with Crippen LogP contribution in [0.25, 0.3) is 0 Å². The molecular weight excluding hydrogens is 232 g/mol. The lowest BCUT2D eigenvalue weighted by atomic mass is 9.93. The lowest BCUT2D eigenvalue weighted by Crippen LogP contribution is -2.20. The molecular formula is C17H20N2. The molecule has 1 aliphatic heterocycles. The molecule has 2 aromatic carbocycles. The van der Waals surface area contributed by atoms with Gasteiger partial charge in [-0.15, -0.1) is 0 Å². The Morgan fingerprint density at radius 2 is 1.05 bits per heavy atom. The number of hydrogen-bond acceptors (Lipinski definition) is 2. The summed E-state index contributed by atoms with van der Waals surface area (Å²) in [5, 5.41) is 0. The molecule has 2 aromatic rings. The van der Waals surface area contributed by atoms with E-state index in [0.29, 0.717) is 12.1 Å². The first kappa shape index (κ1) is 12.4. The molecule has 1 fully saturated rings. The minimum atomic E-state index is 0.425. The monoisotopic (exact) mass is 252 g/mol. The molecule has 0 spiro atoms. The maximum atomic E-state index is 2.42. The zero-order valence-electron chi connectivity index (χ0n) is 11.5. The Bertz CT molecular complexity index is 474. The van der Waals surface area contributed by atoms with E-state index in [1.165, 1.54) is 11.1 Å². The highest BCUT2D eigenvalue weighted by molar-refractivity contribution is 5.29. The van der Waals surface area contributed by atoms with Crippen molar-refractivity contribution in [2.45, 2.75) is 12.1 Å². The molecule has 2 atom stereocenters. The van der Waals surface area contributed by atoms with Gasteiger partial charge in [0.1, 0.15) is 0 Å². The summed E-state index contributed by atoms with van der Waals surface area (Å²) >= 11 is 0. The van der Waals surface area contributed by atoms with Gasteiger partial charge in [0, 0.05) is 0 Å². The minimum absolute atomic E-state index is 0.425. The van der Waals surface area contributed by atoms with Crippen molar-refractivity contribution >= 4 is 0 Å². The molecule has 0 aliphatic carbocycles. The Labute approximate surface area is 115 Å². The van der Waals surface area contributed by atoms with Gasteiger partial charge in [-0.05, 0) is 25.2 Å². The maximum Gasteiger partial charge on any atom is 0.0554 e. The van der Waals surface area contributed by atoms with Gasteiger partial charge in [-0.25, -0.2) is 0 Å². The van der Waals surface area contributed by atoms with E-state index in [4.69, 9.17) is 0 Å². The first-order chi connectivity index (χ1) is 9.27. The quantitative estimate of drug-likeness (QED) is 0.809. The minimum Gasteiger partial charge on any atom is -0.285 e. The zero-order chi connectivity index (χ0) is 13.2. The first-order valence-corrected chi connectivity index (χ1v) is 6.78. The van der Waals surface area contributed by atoms with Crippen LogP contribution in [-0.2, 0) is 0 Å². The molecule has 98 valence electrons. The van der Waals surface area contributed by atoms with Gasteiger partial charge in [0.05, 0.1) is 18.8 Å². The van der Waals surface area contributed by atoms with Gasteiger partial charge in [0.2, 0.25) is 0 Å². The number of nitrogens with zero attached hydrogens (tertiary/aromatic N) is 2. The van der Waals surface area contributed by atoms with Gasteiger partial charge in [0.25, 0.3) is 0 Å². The second-order valence-corrected chi connectivity index (χ2v) is 5.37. The van der Waals surface area contributed by atoms with Crippen LogP contribution in [0.3, 0.4) is 0 Å². The van der Waals surface area contributed by atoms with Crippen LogP contribution >= 0.6 is 0 Å². The average molecular weight is 252 g/mol. The lowest BCUT2D eigenvalue weighted by Gasteiger charge is -2.26. The summed E-state index contributed by atoms with van der Waals surface area (Å²) in [5.74, 6) is 0. The standard InChI is InChI=1S/C17H20N2/c1-18-13-19(2)17(15-11-7-4-8-12-15)16(18)14-9-5-3-6-10-14/h3-12,16-17H,13H2,1-2H3. The molecule has 0 aromatic heterocycles. The molecule has 0 saturated carbocycles. The van der Waals surface area contributed by atoms with Crippen molar-refractivity contribution in [3.05, 3.63) is 71.8 Å². The van der Waals surface area contributed by atoms with Crippen molar-refractivity contribution in [2.24, 2.45) is 0 Å². The highest BCUT2D eigenvalue weighted by atomic mass is 15.4. The summed E-state index contributed by atoms with van der Waals surface area (Å²) in [6, 6.07) is 22.5. The molecule has 0 radical (unpaired) electrons. The molecule has 1 aliphatic rings. The summed E-state index contributed by atoms with van der Waals surface area (Å²) in [4.78, 5) is 4.85. The number of rotatable bonds is 2. The fourth-order valence-corrected chi connectivity index (χ4v) is 3.18. The van der Waals surface area contributed by atoms with Crippen LogP contribution < -0.4 is 0 Å². The normalized spacial score (nSPS) is 24.7. The number of benzene rings is 2. The van der Waals surface area contributed by atoms with Crippen LogP contribution in [0.4, 0.5) is 0 Å². The zero-order valence-corrected chi connectivity index (χ0v) is 11.5. The molecule has 0 bridgehead atoms. The second-order valence-electron chi connectivity index (χ2n) is 5.37. The third-order valence-corrected chi connectivity index (χ3v) is 3.98. The van der Waals surface area contributed by atoms with Gasteiger partial charge in [-0.2, -0.15) is 0 Å². The first-order valence-electron chi connectivity index (χ1n) is 6.78. The summed E-state index contributed by atoms with van der Waals surface area (Å²) in [6.07, 6.45) is 0. The summed E-state index contributed by atoms with van der Waals surface area (Å²) in [7, 11) is 4.41. The third kappa shape index (κ3) is 2.29. The van der Waals surface area contributed by atoms with E-state index in [1.807, 2.05) is 0 Å². The summed E-state index contributed by atoms with van der Waals surface area (Å²) in [5.41, 5.74) is 2.78. The Morgan fingerprint density at radius 1 is 0.684 bits per heavy atom. The molecule has 19 heavy (non-hydrogen) atoms. The molecule has 1 heterocycles. The smallest absolute Gasteiger partial charge is 0.0554 e. The average Bonchev–Trinajstić information content (AvgIpc) is 2.75.